The predicted molar refractivity (Wildman–Crippen MR) is 56.6 cm³/mol. The second-order valence-corrected chi connectivity index (χ2v) is 3.03. The molecular formula is C10H10N2O5. The molecule has 0 aliphatic heterocycles. The quantitative estimate of drug-likeness (QED) is 0.679. The normalized spacial score (nSPS) is 9.41. The number of rotatable bonds is 4. The van der Waals surface area contributed by atoms with E-state index in [9.17, 15) is 14.4 Å². The molecule has 0 saturated carbocycles. The number of primary amides is 1. The number of carbonyl (C=O) groups excluding carboxylic acids is 2. The summed E-state index contributed by atoms with van der Waals surface area (Å²) in [6.07, 6.45) is 0. The van der Waals surface area contributed by atoms with Crippen molar-refractivity contribution in [1.82, 2.24) is 5.32 Å². The van der Waals surface area contributed by atoms with E-state index in [4.69, 9.17) is 15.6 Å². The summed E-state index contributed by atoms with van der Waals surface area (Å²) in [5.74, 6) is -1.42. The summed E-state index contributed by atoms with van der Waals surface area (Å²) >= 11 is 0. The number of ether oxygens (including phenoxy) is 1. The van der Waals surface area contributed by atoms with Gasteiger partial charge in [0.1, 0.15) is 5.75 Å². The molecule has 0 aliphatic rings. The summed E-state index contributed by atoms with van der Waals surface area (Å²) < 4.78 is 4.99. The first-order valence-electron chi connectivity index (χ1n) is 4.54. The van der Waals surface area contributed by atoms with Crippen LogP contribution in [-0.2, 0) is 4.79 Å². The number of benzene rings is 1. The van der Waals surface area contributed by atoms with Crippen LogP contribution in [0.1, 0.15) is 10.4 Å². The predicted octanol–water partition coefficient (Wildman–Crippen LogP) is -0.0415. The molecule has 0 aliphatic carbocycles. The van der Waals surface area contributed by atoms with Crippen LogP contribution in [0.5, 0.6) is 5.75 Å². The Balaban J connectivity index is 2.50. The highest BCUT2D eigenvalue weighted by molar-refractivity contribution is 5.94. The maximum Gasteiger partial charge on any atom is 0.335 e. The van der Waals surface area contributed by atoms with Crippen LogP contribution in [0.2, 0.25) is 0 Å². The first-order valence-corrected chi connectivity index (χ1v) is 4.54. The Kier molecular flexibility index (Phi) is 4.04. The number of nitrogens with one attached hydrogen (secondary N) is 1. The second kappa shape index (κ2) is 5.50. The average molecular weight is 238 g/mol. The minimum Gasteiger partial charge on any atom is -0.484 e. The summed E-state index contributed by atoms with van der Waals surface area (Å²) in [4.78, 5) is 31.8. The van der Waals surface area contributed by atoms with Crippen molar-refractivity contribution in [2.45, 2.75) is 0 Å². The third-order valence-corrected chi connectivity index (χ3v) is 1.73. The van der Waals surface area contributed by atoms with Gasteiger partial charge in [-0.15, -0.1) is 0 Å². The van der Waals surface area contributed by atoms with Crippen LogP contribution in [0.25, 0.3) is 0 Å². The molecule has 0 fully saturated rings. The summed E-state index contributed by atoms with van der Waals surface area (Å²) in [7, 11) is 0. The summed E-state index contributed by atoms with van der Waals surface area (Å²) in [6, 6.07) is 4.52. The van der Waals surface area contributed by atoms with Gasteiger partial charge in [0.25, 0.3) is 5.91 Å². The van der Waals surface area contributed by atoms with Crippen molar-refractivity contribution in [3.63, 3.8) is 0 Å². The van der Waals surface area contributed by atoms with Crippen LogP contribution in [0.3, 0.4) is 0 Å². The van der Waals surface area contributed by atoms with Crippen LogP contribution in [0, 0.1) is 0 Å². The summed E-state index contributed by atoms with van der Waals surface area (Å²) in [6.45, 7) is -0.380. The maximum atomic E-state index is 11.0. The monoisotopic (exact) mass is 238 g/mol. The first kappa shape index (κ1) is 12.5. The van der Waals surface area contributed by atoms with Gasteiger partial charge in [0.15, 0.2) is 6.61 Å². The van der Waals surface area contributed by atoms with Crippen molar-refractivity contribution in [1.29, 1.82) is 0 Å². The number of carbonyl (C=O) groups is 3. The number of carboxylic acids is 1. The van der Waals surface area contributed by atoms with Gasteiger partial charge >= 0.3 is 12.0 Å². The van der Waals surface area contributed by atoms with Gasteiger partial charge in [-0.25, -0.2) is 9.59 Å². The largest absolute Gasteiger partial charge is 0.484 e. The van der Waals surface area contributed by atoms with E-state index in [1.54, 1.807) is 0 Å². The SMILES string of the molecule is NC(=O)NC(=O)COc1ccc(C(=O)O)cc1. The molecule has 0 bridgehead atoms. The Morgan fingerprint density at radius 3 is 2.29 bits per heavy atom. The molecule has 0 radical (unpaired) electrons. The fourth-order valence-electron chi connectivity index (χ4n) is 1.02. The van der Waals surface area contributed by atoms with E-state index in [1.165, 1.54) is 24.3 Å². The molecule has 7 heteroatoms. The molecule has 7 nitrogen and oxygen atoms in total. The number of nitrogens with two attached hydrogens (primary N) is 1. The van der Waals surface area contributed by atoms with E-state index in [1.807, 2.05) is 5.32 Å². The minimum atomic E-state index is -1.05. The Morgan fingerprint density at radius 2 is 1.82 bits per heavy atom. The number of carboxylic acid groups (broad SMARTS) is 1. The maximum absolute atomic E-state index is 11.0. The molecule has 1 aromatic carbocycles. The number of aromatic carboxylic acids is 1. The molecule has 0 unspecified atom stereocenters. The lowest BCUT2D eigenvalue weighted by Gasteiger charge is -2.05. The van der Waals surface area contributed by atoms with E-state index < -0.39 is 17.9 Å². The molecular weight excluding hydrogens is 228 g/mol. The molecule has 1 aromatic rings. The fraction of sp³-hybridized carbons (Fsp3) is 0.100. The van der Waals surface area contributed by atoms with E-state index in [0.29, 0.717) is 5.75 Å². The third kappa shape index (κ3) is 4.20. The third-order valence-electron chi connectivity index (χ3n) is 1.73. The number of amides is 3. The van der Waals surface area contributed by atoms with Gasteiger partial charge in [0.2, 0.25) is 0 Å². The van der Waals surface area contributed by atoms with Crippen LogP contribution in [0.4, 0.5) is 4.79 Å². The zero-order valence-electron chi connectivity index (χ0n) is 8.67. The highest BCUT2D eigenvalue weighted by Gasteiger charge is 2.06. The lowest BCUT2D eigenvalue weighted by molar-refractivity contribution is -0.121. The molecule has 1 rings (SSSR count). The lowest BCUT2D eigenvalue weighted by Crippen LogP contribution is -2.38. The molecule has 17 heavy (non-hydrogen) atoms. The number of imide groups is 1. The molecule has 0 spiro atoms. The summed E-state index contributed by atoms with van der Waals surface area (Å²) in [5, 5.41) is 10.5. The van der Waals surface area contributed by atoms with Gasteiger partial charge in [-0.05, 0) is 24.3 Å². The van der Waals surface area contributed by atoms with Gasteiger partial charge < -0.3 is 15.6 Å². The molecule has 4 N–H and O–H groups in total. The van der Waals surface area contributed by atoms with Crippen molar-refractivity contribution < 1.29 is 24.2 Å². The van der Waals surface area contributed by atoms with Crippen LogP contribution in [0.15, 0.2) is 24.3 Å². The Hall–Kier alpha value is -2.57. The number of urea groups is 1. The zero-order chi connectivity index (χ0) is 12.8. The lowest BCUT2D eigenvalue weighted by atomic mass is 10.2. The highest BCUT2D eigenvalue weighted by atomic mass is 16.5. The van der Waals surface area contributed by atoms with E-state index in [2.05, 4.69) is 0 Å². The number of hydrogen-bond donors (Lipinski definition) is 3. The van der Waals surface area contributed by atoms with Crippen molar-refractivity contribution in [2.24, 2.45) is 5.73 Å². The van der Waals surface area contributed by atoms with Crippen molar-refractivity contribution in [3.8, 4) is 5.75 Å². The first-order chi connectivity index (χ1) is 7.99. The Morgan fingerprint density at radius 1 is 1.24 bits per heavy atom. The second-order valence-electron chi connectivity index (χ2n) is 3.03. The molecule has 0 heterocycles. The van der Waals surface area contributed by atoms with E-state index >= 15 is 0 Å². The van der Waals surface area contributed by atoms with E-state index in [-0.39, 0.29) is 12.2 Å². The molecule has 3 amide bonds. The molecule has 90 valence electrons. The smallest absolute Gasteiger partial charge is 0.335 e. The Labute approximate surface area is 96.2 Å². The van der Waals surface area contributed by atoms with Crippen molar-refractivity contribution >= 4 is 17.9 Å². The minimum absolute atomic E-state index is 0.110. The van der Waals surface area contributed by atoms with Gasteiger partial charge in [0, 0.05) is 0 Å². The molecule has 0 saturated heterocycles. The molecule has 0 atom stereocenters. The summed E-state index contributed by atoms with van der Waals surface area (Å²) in [5.41, 5.74) is 4.83. The van der Waals surface area contributed by atoms with Gasteiger partial charge in [-0.2, -0.15) is 0 Å². The van der Waals surface area contributed by atoms with Crippen LogP contribution >= 0.6 is 0 Å². The van der Waals surface area contributed by atoms with Gasteiger partial charge in [-0.1, -0.05) is 0 Å². The number of hydrogen-bond acceptors (Lipinski definition) is 4. The van der Waals surface area contributed by atoms with Gasteiger partial charge in [0.05, 0.1) is 5.56 Å². The Bertz CT molecular complexity index is 441. The topological polar surface area (TPSA) is 119 Å². The van der Waals surface area contributed by atoms with Gasteiger partial charge in [-0.3, -0.25) is 10.1 Å². The molecule has 0 aromatic heterocycles. The highest BCUT2D eigenvalue weighted by Crippen LogP contribution is 2.11. The van der Waals surface area contributed by atoms with Crippen molar-refractivity contribution in [2.75, 3.05) is 6.61 Å². The zero-order valence-corrected chi connectivity index (χ0v) is 8.67. The van der Waals surface area contributed by atoms with Crippen LogP contribution in [-0.4, -0.2) is 29.6 Å². The average Bonchev–Trinajstić information content (AvgIpc) is 2.26. The fourth-order valence-corrected chi connectivity index (χ4v) is 1.02. The van der Waals surface area contributed by atoms with Crippen LogP contribution < -0.4 is 15.8 Å². The van der Waals surface area contributed by atoms with E-state index in [0.717, 1.165) is 0 Å². The standard InChI is InChI=1S/C10H10N2O5/c11-10(16)12-8(13)5-17-7-3-1-6(2-4-7)9(14)15/h1-4H,5H2,(H,14,15)(H3,11,12,13,16). The van der Waals surface area contributed by atoms with Crippen molar-refractivity contribution in [3.05, 3.63) is 29.8 Å².